The van der Waals surface area contributed by atoms with Gasteiger partial charge in [-0.05, 0) is 45.7 Å². The first kappa shape index (κ1) is 24.2. The van der Waals surface area contributed by atoms with Gasteiger partial charge in [-0.1, -0.05) is 0 Å². The van der Waals surface area contributed by atoms with Crippen molar-refractivity contribution in [1.29, 1.82) is 5.26 Å². The number of pyridine rings is 1. The van der Waals surface area contributed by atoms with Gasteiger partial charge in [0.25, 0.3) is 5.91 Å². The zero-order chi connectivity index (χ0) is 26.6. The van der Waals surface area contributed by atoms with E-state index in [4.69, 9.17) is 0 Å². The van der Waals surface area contributed by atoms with Crippen LogP contribution >= 0.6 is 0 Å². The summed E-state index contributed by atoms with van der Waals surface area (Å²) in [5, 5.41) is 12.4. The molecule has 2 aliphatic rings. The van der Waals surface area contributed by atoms with E-state index in [1.807, 2.05) is 6.07 Å². The first-order valence-corrected chi connectivity index (χ1v) is 12.9. The molecule has 1 amide bonds. The predicted molar refractivity (Wildman–Crippen MR) is 143 cm³/mol. The van der Waals surface area contributed by atoms with Gasteiger partial charge in [0.2, 0.25) is 0 Å². The Balaban J connectivity index is 1.27. The number of nitriles is 1. The van der Waals surface area contributed by atoms with Crippen LogP contribution in [0, 0.1) is 29.5 Å². The van der Waals surface area contributed by atoms with Gasteiger partial charge in [0, 0.05) is 62.6 Å². The molecule has 2 unspecified atom stereocenters. The third kappa shape index (κ3) is 4.23. The number of carbonyl (C=O) groups is 1. The van der Waals surface area contributed by atoms with Gasteiger partial charge in [-0.3, -0.25) is 19.7 Å². The molecule has 9 nitrogen and oxygen atoms in total. The number of anilines is 2. The summed E-state index contributed by atoms with van der Waals surface area (Å²) in [6, 6.07) is 7.98. The smallest absolute Gasteiger partial charge is 0.257 e. The zero-order valence-electron chi connectivity index (χ0n) is 21.6. The first-order chi connectivity index (χ1) is 18.3. The van der Waals surface area contributed by atoms with E-state index in [2.05, 4.69) is 50.0 Å². The number of piperazine rings is 1. The molecule has 38 heavy (non-hydrogen) atoms. The number of fused-ring (bicyclic) bond motifs is 2. The monoisotopic (exact) mass is 512 g/mol. The van der Waals surface area contributed by atoms with Gasteiger partial charge >= 0.3 is 0 Å². The summed E-state index contributed by atoms with van der Waals surface area (Å²) in [5.74, 6) is -0.906. The van der Waals surface area contributed by atoms with E-state index in [1.165, 1.54) is 6.07 Å². The van der Waals surface area contributed by atoms with Crippen LogP contribution in [0.25, 0.3) is 16.7 Å². The Morgan fingerprint density at radius 2 is 1.87 bits per heavy atom. The van der Waals surface area contributed by atoms with Crippen molar-refractivity contribution in [3.63, 3.8) is 0 Å². The van der Waals surface area contributed by atoms with E-state index in [1.54, 1.807) is 42.2 Å². The van der Waals surface area contributed by atoms with Crippen molar-refractivity contribution in [2.75, 3.05) is 29.9 Å². The molecule has 0 radical (unpaired) electrons. The molecule has 1 aliphatic heterocycles. The Labute approximate surface area is 219 Å². The molecule has 6 rings (SSSR count). The number of hydrogen-bond donors (Lipinski definition) is 1. The number of halogens is 1. The van der Waals surface area contributed by atoms with E-state index in [9.17, 15) is 14.4 Å². The summed E-state index contributed by atoms with van der Waals surface area (Å²) < 4.78 is 16.1. The number of amides is 1. The lowest BCUT2D eigenvalue weighted by Crippen LogP contribution is -2.58. The van der Waals surface area contributed by atoms with Crippen molar-refractivity contribution < 1.29 is 9.18 Å². The lowest BCUT2D eigenvalue weighted by molar-refractivity contribution is 0.102. The molecule has 4 aromatic rings. The van der Waals surface area contributed by atoms with Crippen molar-refractivity contribution >= 4 is 34.0 Å². The molecule has 2 fully saturated rings. The molecule has 4 heterocycles. The van der Waals surface area contributed by atoms with Gasteiger partial charge in [0.1, 0.15) is 11.0 Å². The minimum Gasteiger partial charge on any atom is -0.367 e. The quantitative estimate of drug-likeness (QED) is 0.428. The molecule has 1 aliphatic carbocycles. The molecule has 2 atom stereocenters. The summed E-state index contributed by atoms with van der Waals surface area (Å²) in [5.41, 5.74) is 3.47. The van der Waals surface area contributed by atoms with E-state index >= 15 is 0 Å². The number of carbonyl (C=O) groups excluding carboxylic acids is 1. The number of benzene rings is 1. The van der Waals surface area contributed by atoms with Gasteiger partial charge in [0.15, 0.2) is 11.5 Å². The Hall–Kier alpha value is -4.10. The maximum atomic E-state index is 14.5. The average Bonchev–Trinajstić information content (AvgIpc) is 3.57. The topological polar surface area (TPSA) is 102 Å². The number of aromatic nitrogens is 4. The lowest BCUT2D eigenvalue weighted by atomic mass is 10.0. The number of rotatable bonds is 5. The molecule has 1 aromatic carbocycles. The molecule has 3 aromatic heterocycles. The second kappa shape index (κ2) is 9.03. The SMILES string of the molecule is Cc1cn2cc(NC(=O)c3ccc(N4CC(C)N(CC5(C#N)CC5)C(C)C4)c4nccnc34)cc(F)c2n1. The summed E-state index contributed by atoms with van der Waals surface area (Å²) >= 11 is 0. The van der Waals surface area contributed by atoms with Gasteiger partial charge in [-0.2, -0.15) is 5.26 Å². The molecular weight excluding hydrogens is 483 g/mol. The normalized spacial score (nSPS) is 21.0. The van der Waals surface area contributed by atoms with Crippen molar-refractivity contribution in [2.45, 2.75) is 45.7 Å². The molecular formula is C28H29FN8O. The number of hydrogen-bond acceptors (Lipinski definition) is 7. The highest BCUT2D eigenvalue weighted by Gasteiger charge is 2.47. The molecule has 10 heteroatoms. The number of nitrogens with zero attached hydrogens (tertiary/aromatic N) is 7. The second-order valence-corrected chi connectivity index (χ2v) is 10.7. The third-order valence-electron chi connectivity index (χ3n) is 7.75. The fourth-order valence-corrected chi connectivity index (χ4v) is 5.60. The lowest BCUT2D eigenvalue weighted by Gasteiger charge is -2.46. The summed E-state index contributed by atoms with van der Waals surface area (Å²) in [6.07, 6.45) is 8.51. The maximum Gasteiger partial charge on any atom is 0.257 e. The van der Waals surface area contributed by atoms with Crippen LogP contribution in [0.4, 0.5) is 15.8 Å². The van der Waals surface area contributed by atoms with E-state index in [0.717, 1.165) is 38.2 Å². The maximum absolute atomic E-state index is 14.5. The zero-order valence-corrected chi connectivity index (χ0v) is 21.6. The van der Waals surface area contributed by atoms with Crippen LogP contribution in [0.5, 0.6) is 0 Å². The summed E-state index contributed by atoms with van der Waals surface area (Å²) in [7, 11) is 0. The highest BCUT2D eigenvalue weighted by atomic mass is 19.1. The number of nitrogens with one attached hydrogen (secondary N) is 1. The van der Waals surface area contributed by atoms with Gasteiger partial charge in [0.05, 0.1) is 34.1 Å². The Morgan fingerprint density at radius 3 is 2.55 bits per heavy atom. The van der Waals surface area contributed by atoms with Crippen LogP contribution in [-0.4, -0.2) is 61.9 Å². The molecule has 194 valence electrons. The summed E-state index contributed by atoms with van der Waals surface area (Å²) in [6.45, 7) is 8.56. The minimum absolute atomic E-state index is 0.179. The van der Waals surface area contributed by atoms with Gasteiger partial charge < -0.3 is 14.6 Å². The summed E-state index contributed by atoms with van der Waals surface area (Å²) in [4.78, 5) is 31.3. The van der Waals surface area contributed by atoms with Crippen LogP contribution in [-0.2, 0) is 0 Å². The third-order valence-corrected chi connectivity index (χ3v) is 7.75. The average molecular weight is 513 g/mol. The predicted octanol–water partition coefficient (Wildman–Crippen LogP) is 4.18. The highest BCUT2D eigenvalue weighted by Crippen LogP contribution is 2.46. The fraction of sp³-hybridized carbons (Fsp3) is 0.393. The minimum atomic E-state index is -0.513. The molecule has 0 spiro atoms. The van der Waals surface area contributed by atoms with Crippen LogP contribution in [0.1, 0.15) is 42.7 Å². The van der Waals surface area contributed by atoms with Gasteiger partial charge in [-0.25, -0.2) is 9.37 Å². The molecule has 1 N–H and O–H groups in total. The van der Waals surface area contributed by atoms with E-state index in [-0.39, 0.29) is 23.1 Å². The Kier molecular flexibility index (Phi) is 5.76. The van der Waals surface area contributed by atoms with Crippen LogP contribution in [0.2, 0.25) is 0 Å². The highest BCUT2D eigenvalue weighted by molar-refractivity contribution is 6.13. The van der Waals surface area contributed by atoms with Crippen molar-refractivity contribution in [3.05, 3.63) is 60.1 Å². The van der Waals surface area contributed by atoms with Gasteiger partial charge in [-0.15, -0.1) is 0 Å². The second-order valence-electron chi connectivity index (χ2n) is 10.7. The molecule has 1 saturated carbocycles. The standard InChI is InChI=1S/C28H29FN8O/c1-17-11-36-14-20(10-22(29)26(36)33-17)34-27(38)21-4-5-23(25-24(21)31-8-9-32-25)35-12-18(2)37(19(3)13-35)16-28(15-30)6-7-28/h4-5,8-11,14,18-19H,6-7,12-13,16H2,1-3H3,(H,34,38). The van der Waals surface area contributed by atoms with Crippen molar-refractivity contribution in [2.24, 2.45) is 5.41 Å². The van der Waals surface area contributed by atoms with Crippen molar-refractivity contribution in [3.8, 4) is 6.07 Å². The fourth-order valence-electron chi connectivity index (χ4n) is 5.60. The number of aryl methyl sites for hydroxylation is 1. The van der Waals surface area contributed by atoms with Crippen LogP contribution in [0.3, 0.4) is 0 Å². The number of imidazole rings is 1. The van der Waals surface area contributed by atoms with E-state index in [0.29, 0.717) is 28.0 Å². The molecule has 1 saturated heterocycles. The molecule has 0 bridgehead atoms. The van der Waals surface area contributed by atoms with Crippen molar-refractivity contribution in [1.82, 2.24) is 24.3 Å². The van der Waals surface area contributed by atoms with Crippen LogP contribution in [0.15, 0.2) is 43.0 Å². The Morgan fingerprint density at radius 1 is 1.16 bits per heavy atom. The first-order valence-electron chi connectivity index (χ1n) is 12.9. The van der Waals surface area contributed by atoms with E-state index < -0.39 is 11.7 Å². The Bertz CT molecular complexity index is 1590. The largest absolute Gasteiger partial charge is 0.367 e. The van der Waals surface area contributed by atoms with Crippen LogP contribution < -0.4 is 10.2 Å².